The van der Waals surface area contributed by atoms with Gasteiger partial charge in [-0.1, -0.05) is 61.3 Å². The van der Waals surface area contributed by atoms with Gasteiger partial charge in [-0.25, -0.2) is 0 Å². The molecule has 0 heterocycles. The molecule has 119 heavy (non-hydrogen) atoms. The fourth-order valence-electron chi connectivity index (χ4n) is 24.4. The Bertz CT molecular complexity index is 3370. The average Bonchev–Trinajstić information content (AvgIpc) is 1.14. The third kappa shape index (κ3) is 23.6. The maximum atomic E-state index is 12.6. The SMILES string of the molecule is CCC(C)(C)C(=O)OC(C)(C)C.CCC(C)(C)C(=O)OC(C)(C)C12CC3CC(CC(C3)C1)C2.CCC(C)(C)C(=O)OC(C)(C)C1CC2CCC1C2.CCC(C)(C)C(=O)OC1(C)C2CC3CC(C2)CC1C3.CCC(C)(C)C(=O)OC1(C)CC2CC1C1CCCC21.CCC(C)(C)C(=O)OC1(C)CC2CCC1C2.CCC(C)(C)C(=O)OC1(C)CCCC1. The first-order chi connectivity index (χ1) is 54.6. The van der Waals surface area contributed by atoms with Gasteiger partial charge in [-0.2, -0.15) is 0 Å². The standard InChI is InChI=1S/C19H32O2.2C17H28O2.C16H28O2.C14H24O2.C12H22O2.C10H20O2/c1-6-17(2,3)16(20)21-18(4,5)19-10-13-7-14(11-19)9-15(8-13)12-19;1-5-16(2,3)15(18)19-17(4)13-7-11-6-12(9-13)10-14(17)8-11;1-5-16(2,3)15(18)19-17(4)10-11-9-14(17)13-8-6-7-12(11)13;1-6-15(2,3)14(17)18-16(4,5)13-10-11-7-8-12(13)9-11;1-5-13(2,3)12(15)16-14(4)9-10-6-7-11(14)8-10;1-5-11(2,3)10(13)14-12(4)8-6-7-9-12;1-7-10(5,6)8(11)12-9(2,3)4/h13-15H,6-12H2,1-5H3;2*11-14H,5-10H2,1-4H3;11-13H,6-10H2,1-5H3;10-11H,5-9H2,1-4H3;5-9H2,1-4H3;7H2,1-6H3. The van der Waals surface area contributed by atoms with E-state index in [1.54, 1.807) is 0 Å². The molecule has 16 rings (SSSR count). The number of carbonyl (C=O) groups is 7. The maximum absolute atomic E-state index is 12.6. The lowest BCUT2D eigenvalue weighted by molar-refractivity contribution is -0.211. The molecule has 0 aliphatic heterocycles. The molecule has 0 spiro atoms. The van der Waals surface area contributed by atoms with Gasteiger partial charge in [-0.05, 0) is 468 Å². The lowest BCUT2D eigenvalue weighted by Gasteiger charge is -2.61. The topological polar surface area (TPSA) is 184 Å². The third-order valence-corrected chi connectivity index (χ3v) is 35.7. The lowest BCUT2D eigenvalue weighted by Crippen LogP contribution is -2.58. The summed E-state index contributed by atoms with van der Waals surface area (Å²) in [5.74, 6) is 12.6. The van der Waals surface area contributed by atoms with E-state index in [9.17, 15) is 33.6 Å². The highest BCUT2D eigenvalue weighted by Crippen LogP contribution is 2.67. The zero-order valence-corrected chi connectivity index (χ0v) is 82.7. The van der Waals surface area contributed by atoms with Crippen molar-refractivity contribution in [3.8, 4) is 0 Å². The van der Waals surface area contributed by atoms with E-state index < -0.39 is 0 Å². The highest BCUT2D eigenvalue weighted by atomic mass is 16.6. The van der Waals surface area contributed by atoms with Crippen molar-refractivity contribution in [1.82, 2.24) is 0 Å². The zero-order valence-electron chi connectivity index (χ0n) is 82.7. The Morgan fingerprint density at radius 1 is 0.303 bits per heavy atom. The van der Waals surface area contributed by atoms with E-state index >= 15 is 0 Å². The minimum atomic E-state index is -0.372. The van der Waals surface area contributed by atoms with Crippen LogP contribution in [-0.4, -0.2) is 81.0 Å². The zero-order chi connectivity index (χ0) is 89.5. The van der Waals surface area contributed by atoms with Crippen LogP contribution in [-0.2, 0) is 66.7 Å². The molecular weight excluding hydrogens is 1490 g/mol. The van der Waals surface area contributed by atoms with Crippen molar-refractivity contribution in [1.29, 1.82) is 0 Å². The summed E-state index contributed by atoms with van der Waals surface area (Å²) in [6.45, 7) is 64.9. The van der Waals surface area contributed by atoms with Crippen molar-refractivity contribution < 1.29 is 66.7 Å². The Morgan fingerprint density at radius 2 is 0.681 bits per heavy atom. The first-order valence-corrected chi connectivity index (χ1v) is 49.3. The molecule has 16 aliphatic carbocycles. The summed E-state index contributed by atoms with van der Waals surface area (Å²) in [6.07, 6.45) is 42.0. The normalized spacial score (nSPS) is 34.6. The molecule has 0 saturated heterocycles. The van der Waals surface area contributed by atoms with Crippen LogP contribution in [0.3, 0.4) is 0 Å². The summed E-state index contributed by atoms with van der Waals surface area (Å²) in [6, 6.07) is 0. The fourth-order valence-corrected chi connectivity index (χ4v) is 24.4. The molecule has 16 saturated carbocycles. The second kappa shape index (κ2) is 37.7. The van der Waals surface area contributed by atoms with E-state index in [0.29, 0.717) is 29.6 Å². The minimum absolute atomic E-state index is 0.00857. The Kier molecular flexibility index (Phi) is 31.9. The maximum Gasteiger partial charge on any atom is 0.312 e. The number of rotatable bonds is 22. The molecule has 11 unspecified atom stereocenters. The van der Waals surface area contributed by atoms with E-state index in [-0.39, 0.29) is 124 Å². The Labute approximate surface area is 728 Å². The van der Waals surface area contributed by atoms with Crippen LogP contribution in [0.2, 0.25) is 0 Å². The number of fused-ring (bicyclic) bond motifs is 9. The van der Waals surface area contributed by atoms with Crippen LogP contribution in [0, 0.1) is 138 Å². The lowest BCUT2D eigenvalue weighted by atomic mass is 9.46. The summed E-state index contributed by atoms with van der Waals surface area (Å²) in [5, 5.41) is 0. The van der Waals surface area contributed by atoms with Crippen molar-refractivity contribution in [2.45, 2.75) is 485 Å². The van der Waals surface area contributed by atoms with E-state index in [2.05, 4.69) is 76.2 Å². The molecule has 0 radical (unpaired) electrons. The summed E-state index contributed by atoms with van der Waals surface area (Å²) in [5.41, 5.74) is -3.79. The fraction of sp³-hybridized carbons (Fsp3) is 0.933. The second-order valence-corrected chi connectivity index (χ2v) is 49.5. The molecule has 14 bridgehead atoms. The van der Waals surface area contributed by atoms with Crippen LogP contribution in [0.1, 0.15) is 446 Å². The molecule has 14 nitrogen and oxygen atoms in total. The predicted molar refractivity (Wildman–Crippen MR) is 480 cm³/mol. The smallest absolute Gasteiger partial charge is 0.312 e. The highest BCUT2D eigenvalue weighted by molar-refractivity contribution is 5.79. The molecule has 16 fully saturated rings. The summed E-state index contributed by atoms with van der Waals surface area (Å²) in [4.78, 5) is 85.1. The van der Waals surface area contributed by atoms with Gasteiger partial charge in [0.25, 0.3) is 0 Å². The van der Waals surface area contributed by atoms with Gasteiger partial charge >= 0.3 is 41.8 Å². The molecule has 0 aromatic heterocycles. The molecule has 0 amide bonds. The van der Waals surface area contributed by atoms with Gasteiger partial charge in [0, 0.05) is 17.3 Å². The number of hydrogen-bond donors (Lipinski definition) is 0. The quantitative estimate of drug-likeness (QED) is 0.0736. The summed E-state index contributed by atoms with van der Waals surface area (Å²) in [7, 11) is 0. The van der Waals surface area contributed by atoms with Gasteiger partial charge in [0.2, 0.25) is 0 Å². The average molecular weight is 1670 g/mol. The van der Waals surface area contributed by atoms with Gasteiger partial charge in [-0.15, -0.1) is 0 Å². The summed E-state index contributed by atoms with van der Waals surface area (Å²) >= 11 is 0. The number of hydrogen-bond acceptors (Lipinski definition) is 14. The van der Waals surface area contributed by atoms with Crippen LogP contribution in [0.15, 0.2) is 0 Å². The predicted octanol–water partition coefficient (Wildman–Crippen LogP) is 27.1. The molecule has 0 N–H and O–H groups in total. The van der Waals surface area contributed by atoms with Crippen molar-refractivity contribution >= 4 is 41.8 Å². The number of ether oxygens (including phenoxy) is 7. The Morgan fingerprint density at radius 3 is 1.08 bits per heavy atom. The number of carbonyl (C=O) groups excluding carboxylic acids is 7. The van der Waals surface area contributed by atoms with Crippen LogP contribution >= 0.6 is 0 Å². The molecular formula is C105H182O14. The molecule has 0 aromatic rings. The first kappa shape index (κ1) is 101. The first-order valence-electron chi connectivity index (χ1n) is 49.3. The van der Waals surface area contributed by atoms with Gasteiger partial charge < -0.3 is 33.2 Å². The van der Waals surface area contributed by atoms with Gasteiger partial charge in [0.1, 0.15) is 39.2 Å². The monoisotopic (exact) mass is 1670 g/mol. The highest BCUT2D eigenvalue weighted by Gasteiger charge is 2.63. The second-order valence-electron chi connectivity index (χ2n) is 49.5. The Hall–Kier alpha value is -3.71. The van der Waals surface area contributed by atoms with Crippen LogP contribution in [0.4, 0.5) is 0 Å². The molecule has 14 heteroatoms. The molecule has 686 valence electrons. The summed E-state index contributed by atoms with van der Waals surface area (Å²) < 4.78 is 40.9. The number of esters is 7. The molecule has 0 aromatic carbocycles. The molecule has 16 aliphatic rings. The van der Waals surface area contributed by atoms with E-state index in [0.717, 1.165) is 136 Å². The minimum Gasteiger partial charge on any atom is -0.460 e. The third-order valence-electron chi connectivity index (χ3n) is 35.7. The van der Waals surface area contributed by atoms with Crippen molar-refractivity contribution in [2.75, 3.05) is 0 Å². The van der Waals surface area contributed by atoms with Crippen LogP contribution in [0.25, 0.3) is 0 Å². The van der Waals surface area contributed by atoms with Crippen LogP contribution < -0.4 is 0 Å². The van der Waals surface area contributed by atoms with Crippen molar-refractivity contribution in [2.24, 2.45) is 138 Å². The van der Waals surface area contributed by atoms with E-state index in [1.165, 1.54) is 154 Å². The Balaban J connectivity index is 0.000000174. The van der Waals surface area contributed by atoms with Crippen molar-refractivity contribution in [3.05, 3.63) is 0 Å². The van der Waals surface area contributed by atoms with E-state index in [1.807, 2.05) is 145 Å². The largest absolute Gasteiger partial charge is 0.460 e. The molecule has 11 atom stereocenters. The van der Waals surface area contributed by atoms with Crippen molar-refractivity contribution in [3.63, 3.8) is 0 Å². The van der Waals surface area contributed by atoms with Gasteiger partial charge in [0.15, 0.2) is 0 Å². The van der Waals surface area contributed by atoms with Crippen LogP contribution in [0.5, 0.6) is 0 Å². The van der Waals surface area contributed by atoms with Gasteiger partial charge in [-0.3, -0.25) is 33.6 Å². The van der Waals surface area contributed by atoms with Gasteiger partial charge in [0.05, 0.1) is 37.9 Å². The van der Waals surface area contributed by atoms with E-state index in [4.69, 9.17) is 33.2 Å².